The number of methoxy groups -OCH3 is 1. The van der Waals surface area contributed by atoms with E-state index in [2.05, 4.69) is 5.32 Å². The quantitative estimate of drug-likeness (QED) is 0.604. The van der Waals surface area contributed by atoms with Gasteiger partial charge in [0.05, 0.1) is 19.1 Å². The lowest BCUT2D eigenvalue weighted by Crippen LogP contribution is -2.45. The Morgan fingerprint density at radius 2 is 1.87 bits per heavy atom. The molecular formula is C24H33NO5. The van der Waals surface area contributed by atoms with Crippen molar-refractivity contribution >= 4 is 17.7 Å². The first-order valence-electron chi connectivity index (χ1n) is 10.6. The van der Waals surface area contributed by atoms with Crippen LogP contribution in [0.4, 0.5) is 0 Å². The second kappa shape index (κ2) is 11.5. The summed E-state index contributed by atoms with van der Waals surface area (Å²) in [6.07, 6.45) is 5.17. The van der Waals surface area contributed by atoms with Crippen molar-refractivity contribution in [3.63, 3.8) is 0 Å². The molecule has 6 nitrogen and oxygen atoms in total. The summed E-state index contributed by atoms with van der Waals surface area (Å²) in [6.45, 7) is 6.24. The first kappa shape index (κ1) is 23.6. The largest absolute Gasteiger partial charge is 0.490 e. The SMILES string of the molecule is COC(=O)[C@@H]1C/C=C/COc2ccc(cc2)C[C@H](C)C(=O)N[C@@H](CC(C)C)C(=O)C1. The van der Waals surface area contributed by atoms with Gasteiger partial charge in [0, 0.05) is 12.3 Å². The molecule has 1 amide bonds. The highest BCUT2D eigenvalue weighted by Crippen LogP contribution is 2.19. The fourth-order valence-electron chi connectivity index (χ4n) is 3.51. The molecule has 2 aliphatic rings. The Hall–Kier alpha value is -2.63. The van der Waals surface area contributed by atoms with Gasteiger partial charge in [0.2, 0.25) is 5.91 Å². The predicted octanol–water partition coefficient (Wildman–Crippen LogP) is 3.48. The Labute approximate surface area is 179 Å². The van der Waals surface area contributed by atoms with E-state index >= 15 is 0 Å². The van der Waals surface area contributed by atoms with E-state index in [1.165, 1.54) is 7.11 Å². The summed E-state index contributed by atoms with van der Waals surface area (Å²) in [5.41, 5.74) is 1.03. The number of allylic oxidation sites excluding steroid dienone is 1. The Morgan fingerprint density at radius 3 is 2.50 bits per heavy atom. The highest BCUT2D eigenvalue weighted by molar-refractivity contribution is 5.92. The Kier molecular flexibility index (Phi) is 9.09. The molecule has 0 radical (unpaired) electrons. The second-order valence-corrected chi connectivity index (χ2v) is 8.35. The van der Waals surface area contributed by atoms with Gasteiger partial charge in [-0.3, -0.25) is 14.4 Å². The molecule has 0 saturated heterocycles. The van der Waals surface area contributed by atoms with Gasteiger partial charge in [-0.05, 0) is 42.9 Å². The number of ketones is 1. The number of rotatable bonds is 3. The first-order chi connectivity index (χ1) is 14.3. The van der Waals surface area contributed by atoms with E-state index in [0.29, 0.717) is 25.9 Å². The van der Waals surface area contributed by atoms with Gasteiger partial charge in [-0.25, -0.2) is 0 Å². The first-order valence-corrected chi connectivity index (χ1v) is 10.6. The molecule has 0 spiro atoms. The number of ether oxygens (including phenoxy) is 2. The van der Waals surface area contributed by atoms with Gasteiger partial charge < -0.3 is 14.8 Å². The van der Waals surface area contributed by atoms with Gasteiger partial charge in [-0.15, -0.1) is 0 Å². The van der Waals surface area contributed by atoms with Crippen LogP contribution in [0.25, 0.3) is 0 Å². The Balaban J connectivity index is 2.28. The van der Waals surface area contributed by atoms with Crippen molar-refractivity contribution in [2.45, 2.75) is 52.5 Å². The van der Waals surface area contributed by atoms with Crippen LogP contribution < -0.4 is 10.1 Å². The summed E-state index contributed by atoms with van der Waals surface area (Å²) in [5.74, 6) is -0.632. The van der Waals surface area contributed by atoms with E-state index in [0.717, 1.165) is 11.3 Å². The van der Waals surface area contributed by atoms with Crippen molar-refractivity contribution in [3.8, 4) is 5.75 Å². The number of fused-ring (bicyclic) bond motifs is 13. The topological polar surface area (TPSA) is 81.7 Å². The average molecular weight is 416 g/mol. The molecular weight excluding hydrogens is 382 g/mol. The van der Waals surface area contributed by atoms with Crippen molar-refractivity contribution in [1.82, 2.24) is 5.32 Å². The molecule has 2 bridgehead atoms. The third kappa shape index (κ3) is 7.32. The molecule has 0 aliphatic carbocycles. The van der Waals surface area contributed by atoms with Crippen LogP contribution in [0, 0.1) is 17.8 Å². The van der Waals surface area contributed by atoms with Gasteiger partial charge in [0.1, 0.15) is 12.4 Å². The van der Waals surface area contributed by atoms with Gasteiger partial charge in [0.15, 0.2) is 5.78 Å². The van der Waals surface area contributed by atoms with E-state index in [1.54, 1.807) is 0 Å². The van der Waals surface area contributed by atoms with Crippen LogP contribution in [0.5, 0.6) is 5.75 Å². The maximum absolute atomic E-state index is 13.0. The molecule has 0 aromatic heterocycles. The number of esters is 1. The van der Waals surface area contributed by atoms with Gasteiger partial charge in [-0.2, -0.15) is 0 Å². The maximum Gasteiger partial charge on any atom is 0.309 e. The number of nitrogens with one attached hydrogen (secondary N) is 1. The van der Waals surface area contributed by atoms with Gasteiger partial charge >= 0.3 is 5.97 Å². The molecule has 0 unspecified atom stereocenters. The highest BCUT2D eigenvalue weighted by Gasteiger charge is 2.29. The molecule has 164 valence electrons. The zero-order valence-electron chi connectivity index (χ0n) is 18.4. The van der Waals surface area contributed by atoms with Crippen LogP contribution in [0.2, 0.25) is 0 Å². The van der Waals surface area contributed by atoms with E-state index in [1.807, 2.05) is 57.2 Å². The molecule has 3 atom stereocenters. The third-order valence-corrected chi connectivity index (χ3v) is 5.24. The van der Waals surface area contributed by atoms with Crippen LogP contribution in [-0.4, -0.2) is 37.4 Å². The number of benzene rings is 1. The average Bonchev–Trinajstić information content (AvgIpc) is 2.71. The summed E-state index contributed by atoms with van der Waals surface area (Å²) >= 11 is 0. The maximum atomic E-state index is 13.0. The third-order valence-electron chi connectivity index (χ3n) is 5.24. The monoisotopic (exact) mass is 415 g/mol. The summed E-state index contributed by atoms with van der Waals surface area (Å²) in [5, 5.41) is 2.93. The van der Waals surface area contributed by atoms with Gasteiger partial charge in [0.25, 0.3) is 0 Å². The minimum atomic E-state index is -0.613. The molecule has 30 heavy (non-hydrogen) atoms. The summed E-state index contributed by atoms with van der Waals surface area (Å²) in [6, 6.07) is 7.05. The van der Waals surface area contributed by atoms with Crippen molar-refractivity contribution < 1.29 is 23.9 Å². The van der Waals surface area contributed by atoms with Crippen molar-refractivity contribution in [1.29, 1.82) is 0 Å². The zero-order valence-corrected chi connectivity index (χ0v) is 18.4. The molecule has 2 aliphatic heterocycles. The molecule has 1 aromatic carbocycles. The van der Waals surface area contributed by atoms with Crippen molar-refractivity contribution in [2.24, 2.45) is 17.8 Å². The van der Waals surface area contributed by atoms with E-state index in [9.17, 15) is 14.4 Å². The van der Waals surface area contributed by atoms with E-state index < -0.39 is 17.9 Å². The molecule has 1 aromatic rings. The standard InChI is InChI=1S/C24H33NO5/c1-16(2)13-21-22(26)15-19(24(28)29-4)7-5-6-12-30-20-10-8-18(9-11-20)14-17(3)23(27)25-21/h5-6,8-11,16-17,19,21H,7,12-15H2,1-4H3,(H,25,27)/b6-5+/t17-,19+,21-/m0/s1. The summed E-state index contributed by atoms with van der Waals surface area (Å²) in [4.78, 5) is 38.0. The number of carbonyl (C=O) groups excluding carboxylic acids is 3. The van der Waals surface area contributed by atoms with E-state index in [-0.39, 0.29) is 29.9 Å². The van der Waals surface area contributed by atoms with Gasteiger partial charge in [-0.1, -0.05) is 45.1 Å². The van der Waals surface area contributed by atoms with Crippen LogP contribution in [0.15, 0.2) is 36.4 Å². The van der Waals surface area contributed by atoms with Crippen LogP contribution in [0.1, 0.15) is 45.6 Å². The molecule has 0 fully saturated rings. The fraction of sp³-hybridized carbons (Fsp3) is 0.542. The molecule has 0 saturated carbocycles. The lowest BCUT2D eigenvalue weighted by Gasteiger charge is -2.23. The summed E-state index contributed by atoms with van der Waals surface area (Å²) in [7, 11) is 1.32. The predicted molar refractivity (Wildman–Crippen MR) is 115 cm³/mol. The number of carbonyl (C=O) groups is 3. The van der Waals surface area contributed by atoms with Crippen LogP contribution >= 0.6 is 0 Å². The highest BCUT2D eigenvalue weighted by atomic mass is 16.5. The number of hydrogen-bond acceptors (Lipinski definition) is 5. The molecule has 1 N–H and O–H groups in total. The van der Waals surface area contributed by atoms with E-state index in [4.69, 9.17) is 9.47 Å². The smallest absolute Gasteiger partial charge is 0.309 e. The summed E-state index contributed by atoms with van der Waals surface area (Å²) < 4.78 is 10.6. The lowest BCUT2D eigenvalue weighted by molar-refractivity contribution is -0.147. The van der Waals surface area contributed by atoms with Crippen molar-refractivity contribution in [2.75, 3.05) is 13.7 Å². The fourth-order valence-corrected chi connectivity index (χ4v) is 3.51. The molecule has 2 heterocycles. The number of amides is 1. The second-order valence-electron chi connectivity index (χ2n) is 8.35. The molecule has 3 rings (SSSR count). The van der Waals surface area contributed by atoms with Crippen molar-refractivity contribution in [3.05, 3.63) is 42.0 Å². The molecule has 6 heteroatoms. The zero-order chi connectivity index (χ0) is 22.1. The Bertz CT molecular complexity index is 753. The minimum absolute atomic E-state index is 0.0295. The Morgan fingerprint density at radius 1 is 1.17 bits per heavy atom. The van der Waals surface area contributed by atoms with Crippen LogP contribution in [-0.2, 0) is 25.5 Å². The number of hydrogen-bond donors (Lipinski definition) is 1. The minimum Gasteiger partial charge on any atom is -0.490 e. The number of Topliss-reactive ketones (excluding diaryl/α,β-unsaturated/α-hetero) is 1. The normalized spacial score (nSPS) is 24.6. The van der Waals surface area contributed by atoms with Crippen LogP contribution in [0.3, 0.4) is 0 Å². The lowest BCUT2D eigenvalue weighted by atomic mass is 9.91.